The number of carbonyl (C=O) groups excluding carboxylic acids is 1. The number of esters is 1. The van der Waals surface area contributed by atoms with Crippen molar-refractivity contribution in [2.24, 2.45) is 0 Å². The number of methoxy groups -OCH3 is 2. The number of fused-ring (bicyclic) bond motifs is 1. The van der Waals surface area contributed by atoms with Gasteiger partial charge in [-0.05, 0) is 24.6 Å². The molecular formula is C17H16O6. The molecule has 0 radical (unpaired) electrons. The van der Waals surface area contributed by atoms with Gasteiger partial charge < -0.3 is 18.6 Å². The molecule has 1 aliphatic heterocycles. The lowest BCUT2D eigenvalue weighted by Crippen LogP contribution is -2.31. The first-order valence-corrected chi connectivity index (χ1v) is 7.08. The minimum Gasteiger partial charge on any atom is -0.497 e. The van der Waals surface area contributed by atoms with Crippen molar-refractivity contribution in [3.8, 4) is 11.5 Å². The Morgan fingerprint density at radius 1 is 1.17 bits per heavy atom. The maximum Gasteiger partial charge on any atom is 0.348 e. The van der Waals surface area contributed by atoms with Crippen LogP contribution in [-0.2, 0) is 9.53 Å². The number of hydrogen-bond acceptors (Lipinski definition) is 6. The fraction of sp³-hybridized carbons (Fsp3) is 0.294. The van der Waals surface area contributed by atoms with Crippen molar-refractivity contribution < 1.29 is 23.4 Å². The Hall–Kier alpha value is -2.76. The second-order valence-corrected chi connectivity index (χ2v) is 5.23. The zero-order valence-electron chi connectivity index (χ0n) is 13.0. The fourth-order valence-corrected chi connectivity index (χ4v) is 2.78. The van der Waals surface area contributed by atoms with Crippen LogP contribution in [-0.4, -0.2) is 26.3 Å². The summed E-state index contributed by atoms with van der Waals surface area (Å²) in [5.74, 6) is 0.334. The van der Waals surface area contributed by atoms with E-state index in [2.05, 4.69) is 0 Å². The number of rotatable bonds is 3. The number of hydrogen-bond donors (Lipinski definition) is 0. The Balaban J connectivity index is 2.13. The highest BCUT2D eigenvalue weighted by Gasteiger charge is 2.43. The van der Waals surface area contributed by atoms with E-state index >= 15 is 0 Å². The maximum absolute atomic E-state index is 12.3. The van der Waals surface area contributed by atoms with Crippen LogP contribution in [0.5, 0.6) is 11.5 Å². The number of aryl methyl sites for hydroxylation is 1. The van der Waals surface area contributed by atoms with Gasteiger partial charge >= 0.3 is 11.6 Å². The summed E-state index contributed by atoms with van der Waals surface area (Å²) < 4.78 is 20.8. The van der Waals surface area contributed by atoms with Gasteiger partial charge in [-0.1, -0.05) is 12.1 Å². The van der Waals surface area contributed by atoms with Crippen LogP contribution in [0.4, 0.5) is 0 Å². The summed E-state index contributed by atoms with van der Waals surface area (Å²) >= 11 is 0. The van der Waals surface area contributed by atoms with Gasteiger partial charge in [0, 0.05) is 6.07 Å². The van der Waals surface area contributed by atoms with Crippen LogP contribution in [0.15, 0.2) is 39.5 Å². The van der Waals surface area contributed by atoms with E-state index in [0.29, 0.717) is 22.8 Å². The van der Waals surface area contributed by atoms with Crippen molar-refractivity contribution in [2.75, 3.05) is 14.2 Å². The number of benzene rings is 1. The molecule has 0 bridgehead atoms. The zero-order chi connectivity index (χ0) is 16.6. The molecule has 6 heteroatoms. The molecule has 0 saturated carbocycles. The van der Waals surface area contributed by atoms with Gasteiger partial charge in [-0.3, -0.25) is 0 Å². The summed E-state index contributed by atoms with van der Waals surface area (Å²) in [5, 5.41) is 0. The molecule has 1 aromatic carbocycles. The predicted octanol–water partition coefficient (Wildman–Crippen LogP) is 2.02. The van der Waals surface area contributed by atoms with Crippen LogP contribution in [0.2, 0.25) is 0 Å². The Morgan fingerprint density at radius 3 is 2.48 bits per heavy atom. The monoisotopic (exact) mass is 316 g/mol. The third-order valence-corrected chi connectivity index (χ3v) is 3.85. The van der Waals surface area contributed by atoms with Gasteiger partial charge in [0.2, 0.25) is 6.10 Å². The first-order chi connectivity index (χ1) is 11.0. The highest BCUT2D eigenvalue weighted by atomic mass is 16.6. The molecular weight excluding hydrogens is 300 g/mol. The highest BCUT2D eigenvalue weighted by molar-refractivity contribution is 5.79. The largest absolute Gasteiger partial charge is 0.497 e. The summed E-state index contributed by atoms with van der Waals surface area (Å²) in [6.45, 7) is 1.65. The van der Waals surface area contributed by atoms with Gasteiger partial charge in [-0.25, -0.2) is 9.59 Å². The van der Waals surface area contributed by atoms with Crippen LogP contribution in [0, 0.1) is 6.92 Å². The molecule has 1 aliphatic rings. The van der Waals surface area contributed by atoms with Crippen LogP contribution >= 0.6 is 0 Å². The second kappa shape index (κ2) is 5.79. The molecule has 0 N–H and O–H groups in total. The van der Waals surface area contributed by atoms with Gasteiger partial charge in [0.1, 0.15) is 17.3 Å². The smallest absolute Gasteiger partial charge is 0.348 e. The van der Waals surface area contributed by atoms with Crippen molar-refractivity contribution in [3.63, 3.8) is 0 Å². The lowest BCUT2D eigenvalue weighted by Gasteiger charge is -2.17. The quantitative estimate of drug-likeness (QED) is 0.807. The molecule has 0 saturated heterocycles. The summed E-state index contributed by atoms with van der Waals surface area (Å²) in [5.41, 5.74) is 0.569. The second-order valence-electron chi connectivity index (χ2n) is 5.23. The third-order valence-electron chi connectivity index (χ3n) is 3.85. The lowest BCUT2D eigenvalue weighted by molar-refractivity contribution is -0.148. The molecule has 2 atom stereocenters. The Kier molecular flexibility index (Phi) is 3.82. The van der Waals surface area contributed by atoms with E-state index in [4.69, 9.17) is 18.6 Å². The summed E-state index contributed by atoms with van der Waals surface area (Å²) in [4.78, 5) is 24.4. The maximum atomic E-state index is 12.3. The topological polar surface area (TPSA) is 75.0 Å². The Bertz CT molecular complexity index is 790. The van der Waals surface area contributed by atoms with Gasteiger partial charge in [0.15, 0.2) is 0 Å². The van der Waals surface area contributed by atoms with E-state index < -0.39 is 23.6 Å². The average molecular weight is 316 g/mol. The molecule has 2 aromatic rings. The van der Waals surface area contributed by atoms with E-state index in [-0.39, 0.29) is 0 Å². The summed E-state index contributed by atoms with van der Waals surface area (Å²) in [6, 6.07) is 8.71. The molecule has 2 heterocycles. The number of carbonyl (C=O) groups is 1. The molecule has 0 amide bonds. The first-order valence-electron chi connectivity index (χ1n) is 7.08. The van der Waals surface area contributed by atoms with Crippen molar-refractivity contribution in [2.45, 2.75) is 18.9 Å². The minimum atomic E-state index is -0.923. The van der Waals surface area contributed by atoms with E-state index in [9.17, 15) is 9.59 Å². The lowest BCUT2D eigenvalue weighted by atomic mass is 9.89. The van der Waals surface area contributed by atoms with Gasteiger partial charge in [-0.2, -0.15) is 0 Å². The standard InChI is InChI=1S/C17H16O6/c1-9-8-12-14(16(18)22-9)13(15(23-12)17(19)21-3)10-4-6-11(20-2)7-5-10/h4-8,13,15H,1-3H3/t13-,15+/m1/s1. The van der Waals surface area contributed by atoms with E-state index in [1.165, 1.54) is 7.11 Å². The number of ether oxygens (including phenoxy) is 3. The molecule has 23 heavy (non-hydrogen) atoms. The van der Waals surface area contributed by atoms with Crippen molar-refractivity contribution in [3.05, 3.63) is 57.6 Å². The minimum absolute atomic E-state index is 0.330. The molecule has 0 spiro atoms. The molecule has 0 unspecified atom stereocenters. The molecule has 0 fully saturated rings. The molecule has 0 aliphatic carbocycles. The summed E-state index contributed by atoms with van der Waals surface area (Å²) in [7, 11) is 2.85. The van der Waals surface area contributed by atoms with E-state index in [1.54, 1.807) is 44.4 Å². The summed E-state index contributed by atoms with van der Waals surface area (Å²) in [6.07, 6.45) is -0.923. The fourth-order valence-electron chi connectivity index (χ4n) is 2.78. The van der Waals surface area contributed by atoms with Crippen LogP contribution in [0.25, 0.3) is 0 Å². The van der Waals surface area contributed by atoms with Crippen molar-refractivity contribution >= 4 is 5.97 Å². The van der Waals surface area contributed by atoms with Gasteiger partial charge in [0.05, 0.1) is 25.7 Å². The van der Waals surface area contributed by atoms with Crippen molar-refractivity contribution in [1.29, 1.82) is 0 Å². The molecule has 3 rings (SSSR count). The average Bonchev–Trinajstić information content (AvgIpc) is 2.93. The zero-order valence-corrected chi connectivity index (χ0v) is 13.0. The van der Waals surface area contributed by atoms with Crippen LogP contribution in [0.1, 0.15) is 22.8 Å². The predicted molar refractivity (Wildman–Crippen MR) is 81.0 cm³/mol. The van der Waals surface area contributed by atoms with Crippen LogP contribution < -0.4 is 15.1 Å². The molecule has 1 aromatic heterocycles. The van der Waals surface area contributed by atoms with Gasteiger partial charge in [0.25, 0.3) is 0 Å². The molecule has 6 nitrogen and oxygen atoms in total. The third kappa shape index (κ3) is 2.56. The van der Waals surface area contributed by atoms with Crippen molar-refractivity contribution in [1.82, 2.24) is 0 Å². The first kappa shape index (κ1) is 15.1. The van der Waals surface area contributed by atoms with Crippen LogP contribution in [0.3, 0.4) is 0 Å². The molecule has 120 valence electrons. The normalized spacial score (nSPS) is 18.9. The highest BCUT2D eigenvalue weighted by Crippen LogP contribution is 2.41. The Morgan fingerprint density at radius 2 is 1.87 bits per heavy atom. The Labute approximate surface area is 132 Å². The van der Waals surface area contributed by atoms with Gasteiger partial charge in [-0.15, -0.1) is 0 Å². The van der Waals surface area contributed by atoms with E-state index in [0.717, 1.165) is 5.56 Å². The van der Waals surface area contributed by atoms with E-state index in [1.807, 2.05) is 0 Å². The SMILES string of the molecule is COC(=O)[C@H]1Oc2cc(C)oc(=O)c2[C@H]1c1ccc(OC)cc1.